The molecular weight excluding hydrogens is 212 g/mol. The summed E-state index contributed by atoms with van der Waals surface area (Å²) in [7, 11) is 0. The lowest BCUT2D eigenvalue weighted by atomic mass is 10.2. The first-order chi connectivity index (χ1) is 6.99. The lowest BCUT2D eigenvalue weighted by Crippen LogP contribution is -2.22. The van der Waals surface area contributed by atoms with Gasteiger partial charge in [0.25, 0.3) is 0 Å². The Labute approximate surface area is 96.2 Å². The van der Waals surface area contributed by atoms with Crippen LogP contribution < -0.4 is 4.74 Å². The van der Waals surface area contributed by atoms with Gasteiger partial charge in [-0.3, -0.25) is 0 Å². The first kappa shape index (κ1) is 12.3. The smallest absolute Gasteiger partial charge is 0.138 e. The highest BCUT2D eigenvalue weighted by atomic mass is 35.5. The summed E-state index contributed by atoms with van der Waals surface area (Å²) in [4.78, 5) is 0. The van der Waals surface area contributed by atoms with Gasteiger partial charge in [-0.25, -0.2) is 0 Å². The molecule has 0 aromatic heterocycles. The van der Waals surface area contributed by atoms with Crippen molar-refractivity contribution in [3.63, 3.8) is 0 Å². The number of rotatable bonds is 4. The highest BCUT2D eigenvalue weighted by molar-refractivity contribution is 6.32. The van der Waals surface area contributed by atoms with Crippen molar-refractivity contribution in [2.24, 2.45) is 0 Å². The summed E-state index contributed by atoms with van der Waals surface area (Å²) in [6.07, 6.45) is 0. The van der Waals surface area contributed by atoms with Crippen molar-refractivity contribution >= 4 is 11.6 Å². The van der Waals surface area contributed by atoms with Crippen molar-refractivity contribution in [3.05, 3.63) is 29.3 Å². The van der Waals surface area contributed by atoms with Crippen molar-refractivity contribution in [1.82, 2.24) is 0 Å². The molecule has 0 amide bonds. The van der Waals surface area contributed by atoms with E-state index in [1.807, 2.05) is 45.0 Å². The van der Waals surface area contributed by atoms with E-state index in [0.717, 1.165) is 0 Å². The van der Waals surface area contributed by atoms with Crippen molar-refractivity contribution in [3.8, 4) is 5.75 Å². The van der Waals surface area contributed by atoms with Crippen LogP contribution in [0.15, 0.2) is 24.3 Å². The SMILES string of the molecule is CC(C)(C)OCCOc1ccccc1Cl. The molecule has 0 radical (unpaired) electrons. The van der Waals surface area contributed by atoms with E-state index in [-0.39, 0.29) is 5.60 Å². The second-order valence-electron chi connectivity index (χ2n) is 4.24. The first-order valence-electron chi connectivity index (χ1n) is 5.00. The van der Waals surface area contributed by atoms with E-state index in [1.54, 1.807) is 0 Å². The topological polar surface area (TPSA) is 18.5 Å². The fourth-order valence-electron chi connectivity index (χ4n) is 1.06. The maximum absolute atomic E-state index is 5.93. The summed E-state index contributed by atoms with van der Waals surface area (Å²) in [5.41, 5.74) is -0.121. The Morgan fingerprint density at radius 2 is 1.80 bits per heavy atom. The molecule has 0 aliphatic carbocycles. The van der Waals surface area contributed by atoms with Crippen LogP contribution >= 0.6 is 11.6 Å². The zero-order valence-corrected chi connectivity index (χ0v) is 10.2. The van der Waals surface area contributed by atoms with Crippen LogP contribution in [0.25, 0.3) is 0 Å². The van der Waals surface area contributed by atoms with Crippen LogP contribution in [-0.4, -0.2) is 18.8 Å². The van der Waals surface area contributed by atoms with Crippen LogP contribution in [-0.2, 0) is 4.74 Å². The molecule has 0 saturated heterocycles. The van der Waals surface area contributed by atoms with Gasteiger partial charge in [0.15, 0.2) is 0 Å². The Bertz CT molecular complexity index is 305. The van der Waals surface area contributed by atoms with E-state index in [2.05, 4.69) is 0 Å². The number of halogens is 1. The third-order valence-electron chi connectivity index (χ3n) is 1.71. The third kappa shape index (κ3) is 5.05. The standard InChI is InChI=1S/C12H17ClO2/c1-12(2,3)15-9-8-14-11-7-5-4-6-10(11)13/h4-7H,8-9H2,1-3H3. The highest BCUT2D eigenvalue weighted by Crippen LogP contribution is 2.22. The van der Waals surface area contributed by atoms with Gasteiger partial charge in [0.1, 0.15) is 12.4 Å². The van der Waals surface area contributed by atoms with Gasteiger partial charge in [0, 0.05) is 0 Å². The van der Waals surface area contributed by atoms with E-state index < -0.39 is 0 Å². The zero-order valence-electron chi connectivity index (χ0n) is 9.42. The number of benzene rings is 1. The molecular formula is C12H17ClO2. The quantitative estimate of drug-likeness (QED) is 0.734. The maximum Gasteiger partial charge on any atom is 0.138 e. The minimum atomic E-state index is -0.121. The number of hydrogen-bond donors (Lipinski definition) is 0. The normalized spacial score (nSPS) is 11.5. The molecule has 3 heteroatoms. The minimum Gasteiger partial charge on any atom is -0.490 e. The summed E-state index contributed by atoms with van der Waals surface area (Å²) in [6, 6.07) is 7.42. The molecule has 1 rings (SSSR count). The van der Waals surface area contributed by atoms with Gasteiger partial charge in [-0.2, -0.15) is 0 Å². The predicted molar refractivity (Wildman–Crippen MR) is 62.7 cm³/mol. The van der Waals surface area contributed by atoms with Crippen molar-refractivity contribution in [1.29, 1.82) is 0 Å². The molecule has 0 bridgehead atoms. The lowest BCUT2D eigenvalue weighted by molar-refractivity contribution is -0.0162. The Morgan fingerprint density at radius 1 is 1.13 bits per heavy atom. The van der Waals surface area contributed by atoms with Crippen molar-refractivity contribution in [2.45, 2.75) is 26.4 Å². The third-order valence-corrected chi connectivity index (χ3v) is 2.02. The average Bonchev–Trinajstić information content (AvgIpc) is 2.13. The number of hydrogen-bond acceptors (Lipinski definition) is 2. The van der Waals surface area contributed by atoms with Gasteiger partial charge >= 0.3 is 0 Å². The van der Waals surface area contributed by atoms with Crippen LogP contribution in [0.5, 0.6) is 5.75 Å². The molecule has 0 unspecified atom stereocenters. The minimum absolute atomic E-state index is 0.121. The van der Waals surface area contributed by atoms with Crippen molar-refractivity contribution < 1.29 is 9.47 Å². The lowest BCUT2D eigenvalue weighted by Gasteiger charge is -2.19. The van der Waals surface area contributed by atoms with Gasteiger partial charge in [-0.15, -0.1) is 0 Å². The van der Waals surface area contributed by atoms with Crippen LogP contribution in [0.1, 0.15) is 20.8 Å². The predicted octanol–water partition coefficient (Wildman–Crippen LogP) is 3.53. The molecule has 0 aliphatic heterocycles. The summed E-state index contributed by atoms with van der Waals surface area (Å²) in [5, 5.41) is 0.633. The maximum atomic E-state index is 5.93. The molecule has 0 N–H and O–H groups in total. The summed E-state index contributed by atoms with van der Waals surface area (Å²) in [5.74, 6) is 0.705. The molecule has 15 heavy (non-hydrogen) atoms. The molecule has 0 heterocycles. The molecule has 0 saturated carbocycles. The van der Waals surface area contributed by atoms with Gasteiger partial charge < -0.3 is 9.47 Å². The molecule has 84 valence electrons. The molecule has 0 atom stereocenters. The molecule has 0 aliphatic rings. The largest absolute Gasteiger partial charge is 0.490 e. The van der Waals surface area contributed by atoms with E-state index >= 15 is 0 Å². The van der Waals surface area contributed by atoms with Crippen molar-refractivity contribution in [2.75, 3.05) is 13.2 Å². The zero-order chi connectivity index (χ0) is 11.3. The Kier molecular flexibility index (Phi) is 4.43. The summed E-state index contributed by atoms with van der Waals surface area (Å²) in [6.45, 7) is 7.13. The van der Waals surface area contributed by atoms with Gasteiger partial charge in [-0.1, -0.05) is 23.7 Å². The van der Waals surface area contributed by atoms with Gasteiger partial charge in [0.2, 0.25) is 0 Å². The van der Waals surface area contributed by atoms with E-state index in [1.165, 1.54) is 0 Å². The fourth-order valence-corrected chi connectivity index (χ4v) is 1.25. The second kappa shape index (κ2) is 5.38. The van der Waals surface area contributed by atoms with E-state index in [9.17, 15) is 0 Å². The van der Waals surface area contributed by atoms with Crippen LogP contribution in [0.4, 0.5) is 0 Å². The molecule has 1 aromatic rings. The van der Waals surface area contributed by atoms with E-state index in [0.29, 0.717) is 24.0 Å². The number of ether oxygens (including phenoxy) is 2. The van der Waals surface area contributed by atoms with Crippen LogP contribution in [0.3, 0.4) is 0 Å². The monoisotopic (exact) mass is 228 g/mol. The molecule has 0 spiro atoms. The second-order valence-corrected chi connectivity index (χ2v) is 4.65. The van der Waals surface area contributed by atoms with E-state index in [4.69, 9.17) is 21.1 Å². The van der Waals surface area contributed by atoms with Crippen LogP contribution in [0, 0.1) is 0 Å². The Morgan fingerprint density at radius 3 is 2.40 bits per heavy atom. The molecule has 1 aromatic carbocycles. The number of para-hydroxylation sites is 1. The summed E-state index contributed by atoms with van der Waals surface area (Å²) < 4.78 is 11.0. The molecule has 0 fully saturated rings. The van der Waals surface area contributed by atoms with Gasteiger partial charge in [0.05, 0.1) is 17.2 Å². The average molecular weight is 229 g/mol. The highest BCUT2D eigenvalue weighted by Gasteiger charge is 2.09. The Balaban J connectivity index is 2.30. The Hall–Kier alpha value is -0.730. The molecule has 2 nitrogen and oxygen atoms in total. The van der Waals surface area contributed by atoms with Crippen LogP contribution in [0.2, 0.25) is 5.02 Å². The first-order valence-corrected chi connectivity index (χ1v) is 5.38. The fraction of sp³-hybridized carbons (Fsp3) is 0.500. The van der Waals surface area contributed by atoms with Gasteiger partial charge in [-0.05, 0) is 32.9 Å². The summed E-state index contributed by atoms with van der Waals surface area (Å²) >= 11 is 5.93.